The molecule has 0 aliphatic heterocycles. The van der Waals surface area contributed by atoms with Crippen molar-refractivity contribution in [3.05, 3.63) is 71.5 Å². The van der Waals surface area contributed by atoms with E-state index in [0.717, 1.165) is 15.5 Å². The van der Waals surface area contributed by atoms with Crippen molar-refractivity contribution in [2.75, 3.05) is 5.32 Å². The molecule has 1 atom stereocenters. The SMILES string of the molecule is C[C@H](C(=O)Nc1ccc(Br)cc1)[n+]1ccc2ccccc2c1. The topological polar surface area (TPSA) is 33.0 Å². The van der Waals surface area contributed by atoms with Gasteiger partial charge in [-0.15, -0.1) is 0 Å². The summed E-state index contributed by atoms with van der Waals surface area (Å²) in [6.45, 7) is 1.89. The molecule has 0 aliphatic rings. The van der Waals surface area contributed by atoms with Crippen LogP contribution >= 0.6 is 15.9 Å². The van der Waals surface area contributed by atoms with Crippen molar-refractivity contribution in [3.8, 4) is 0 Å². The number of nitrogens with zero attached hydrogens (tertiary/aromatic N) is 1. The summed E-state index contributed by atoms with van der Waals surface area (Å²) >= 11 is 3.38. The molecular weight excluding hydrogens is 340 g/mol. The highest BCUT2D eigenvalue weighted by atomic mass is 79.9. The highest BCUT2D eigenvalue weighted by molar-refractivity contribution is 9.10. The van der Waals surface area contributed by atoms with Gasteiger partial charge in [-0.2, -0.15) is 4.57 Å². The Morgan fingerprint density at radius 3 is 2.45 bits per heavy atom. The van der Waals surface area contributed by atoms with E-state index in [2.05, 4.69) is 27.3 Å². The van der Waals surface area contributed by atoms with E-state index >= 15 is 0 Å². The van der Waals surface area contributed by atoms with Gasteiger partial charge in [0, 0.05) is 28.5 Å². The van der Waals surface area contributed by atoms with Crippen molar-refractivity contribution in [2.24, 2.45) is 0 Å². The third-order valence-corrected chi connectivity index (χ3v) is 4.18. The van der Waals surface area contributed by atoms with Crippen LogP contribution in [-0.2, 0) is 4.79 Å². The minimum absolute atomic E-state index is 0.0393. The maximum absolute atomic E-state index is 12.4. The third-order valence-electron chi connectivity index (χ3n) is 3.65. The fraction of sp³-hybridized carbons (Fsp3) is 0.111. The predicted octanol–water partition coefficient (Wildman–Crippen LogP) is 4.09. The minimum Gasteiger partial charge on any atom is -0.320 e. The molecule has 110 valence electrons. The summed E-state index contributed by atoms with van der Waals surface area (Å²) in [5.41, 5.74) is 0.793. The number of pyridine rings is 1. The first-order chi connectivity index (χ1) is 10.6. The summed E-state index contributed by atoms with van der Waals surface area (Å²) in [4.78, 5) is 12.4. The van der Waals surface area contributed by atoms with Gasteiger partial charge in [-0.3, -0.25) is 4.79 Å². The Morgan fingerprint density at radius 1 is 1.05 bits per heavy atom. The lowest BCUT2D eigenvalue weighted by molar-refractivity contribution is -0.704. The maximum atomic E-state index is 12.4. The van der Waals surface area contributed by atoms with E-state index in [1.807, 2.05) is 72.4 Å². The highest BCUT2D eigenvalue weighted by Crippen LogP contribution is 2.15. The van der Waals surface area contributed by atoms with Crippen molar-refractivity contribution in [2.45, 2.75) is 13.0 Å². The van der Waals surface area contributed by atoms with Crippen LogP contribution < -0.4 is 9.88 Å². The second-order valence-corrected chi connectivity index (χ2v) is 6.11. The number of carbonyl (C=O) groups is 1. The molecule has 0 unspecified atom stereocenters. The lowest BCUT2D eigenvalue weighted by Gasteiger charge is -2.09. The Balaban J connectivity index is 1.80. The van der Waals surface area contributed by atoms with Crippen LogP contribution in [0.1, 0.15) is 13.0 Å². The van der Waals surface area contributed by atoms with E-state index in [4.69, 9.17) is 0 Å². The average molecular weight is 356 g/mol. The number of halogens is 1. The van der Waals surface area contributed by atoms with Crippen LogP contribution in [0, 0.1) is 0 Å². The Morgan fingerprint density at radius 2 is 1.73 bits per heavy atom. The van der Waals surface area contributed by atoms with Crippen LogP contribution in [-0.4, -0.2) is 5.91 Å². The number of rotatable bonds is 3. The summed E-state index contributed by atoms with van der Waals surface area (Å²) in [5.74, 6) is -0.0393. The normalized spacial score (nSPS) is 12.1. The van der Waals surface area contributed by atoms with E-state index < -0.39 is 0 Å². The minimum atomic E-state index is -0.284. The van der Waals surface area contributed by atoms with E-state index in [-0.39, 0.29) is 11.9 Å². The molecular formula is C18H16BrN2O+. The lowest BCUT2D eigenvalue weighted by atomic mass is 10.1. The number of fused-ring (bicyclic) bond motifs is 1. The van der Waals surface area contributed by atoms with Crippen molar-refractivity contribution < 1.29 is 9.36 Å². The molecule has 4 heteroatoms. The summed E-state index contributed by atoms with van der Waals surface area (Å²) in [6.07, 6.45) is 3.94. The molecule has 0 aliphatic carbocycles. The molecule has 0 bridgehead atoms. The number of hydrogen-bond acceptors (Lipinski definition) is 1. The van der Waals surface area contributed by atoms with Gasteiger partial charge in [-0.05, 0) is 35.7 Å². The van der Waals surface area contributed by atoms with Crippen LogP contribution in [0.25, 0.3) is 10.8 Å². The van der Waals surface area contributed by atoms with Crippen LogP contribution in [0.15, 0.2) is 71.5 Å². The summed E-state index contributed by atoms with van der Waals surface area (Å²) in [5, 5.41) is 5.22. The average Bonchev–Trinajstić information content (AvgIpc) is 2.55. The van der Waals surface area contributed by atoms with Gasteiger partial charge in [-0.1, -0.05) is 34.1 Å². The van der Waals surface area contributed by atoms with E-state index in [9.17, 15) is 4.79 Å². The molecule has 2 aromatic carbocycles. The monoisotopic (exact) mass is 355 g/mol. The maximum Gasteiger partial charge on any atom is 0.293 e. The third kappa shape index (κ3) is 3.17. The van der Waals surface area contributed by atoms with Crippen LogP contribution in [0.2, 0.25) is 0 Å². The van der Waals surface area contributed by atoms with Gasteiger partial charge in [0.05, 0.1) is 0 Å². The van der Waals surface area contributed by atoms with Gasteiger partial charge >= 0.3 is 0 Å². The molecule has 22 heavy (non-hydrogen) atoms. The molecule has 1 heterocycles. The Kier molecular flexibility index (Phi) is 4.20. The Hall–Kier alpha value is -2.20. The molecule has 0 saturated heterocycles. The zero-order valence-corrected chi connectivity index (χ0v) is 13.7. The fourth-order valence-electron chi connectivity index (χ4n) is 2.31. The van der Waals surface area contributed by atoms with E-state index in [1.165, 1.54) is 5.39 Å². The molecule has 3 nitrogen and oxygen atoms in total. The number of nitrogens with one attached hydrogen (secondary N) is 1. The van der Waals surface area contributed by atoms with Gasteiger partial charge in [0.15, 0.2) is 12.4 Å². The van der Waals surface area contributed by atoms with Crippen LogP contribution in [0.4, 0.5) is 5.69 Å². The molecule has 0 saturated carbocycles. The fourth-order valence-corrected chi connectivity index (χ4v) is 2.57. The number of benzene rings is 2. The van der Waals surface area contributed by atoms with Crippen molar-refractivity contribution in [1.82, 2.24) is 0 Å². The van der Waals surface area contributed by atoms with Gasteiger partial charge in [0.1, 0.15) is 0 Å². The zero-order chi connectivity index (χ0) is 15.5. The molecule has 3 rings (SSSR count). The van der Waals surface area contributed by atoms with Crippen molar-refractivity contribution >= 4 is 38.3 Å². The largest absolute Gasteiger partial charge is 0.320 e. The van der Waals surface area contributed by atoms with Crippen molar-refractivity contribution in [3.63, 3.8) is 0 Å². The second kappa shape index (κ2) is 6.28. The Bertz CT molecular complexity index is 815. The summed E-state index contributed by atoms with van der Waals surface area (Å²) < 4.78 is 2.92. The van der Waals surface area contributed by atoms with Crippen LogP contribution in [0.3, 0.4) is 0 Å². The molecule has 3 aromatic rings. The highest BCUT2D eigenvalue weighted by Gasteiger charge is 2.22. The quantitative estimate of drug-likeness (QED) is 0.705. The van der Waals surface area contributed by atoms with E-state index in [0.29, 0.717) is 0 Å². The molecule has 0 radical (unpaired) electrons. The first-order valence-electron chi connectivity index (χ1n) is 7.09. The van der Waals surface area contributed by atoms with E-state index in [1.54, 1.807) is 0 Å². The second-order valence-electron chi connectivity index (χ2n) is 5.19. The van der Waals surface area contributed by atoms with Crippen LogP contribution in [0.5, 0.6) is 0 Å². The number of anilines is 1. The first-order valence-corrected chi connectivity index (χ1v) is 7.89. The first kappa shape index (κ1) is 14.7. The number of hydrogen-bond donors (Lipinski definition) is 1. The zero-order valence-electron chi connectivity index (χ0n) is 12.2. The van der Waals surface area contributed by atoms with Gasteiger partial charge < -0.3 is 5.32 Å². The number of amides is 1. The van der Waals surface area contributed by atoms with Gasteiger partial charge in [0.2, 0.25) is 6.04 Å². The standard InChI is InChI=1S/C18H15BrN2O/c1-13(18(22)20-17-8-6-16(19)7-9-17)21-11-10-14-4-2-3-5-15(14)12-21/h2-13H,1H3/p+1/t13-/m1/s1. The summed E-state index contributed by atoms with van der Waals surface area (Å²) in [6, 6.07) is 17.4. The molecule has 1 N–H and O–H groups in total. The molecule has 0 spiro atoms. The summed E-state index contributed by atoms with van der Waals surface area (Å²) in [7, 11) is 0. The van der Waals surface area contributed by atoms with Gasteiger partial charge in [-0.25, -0.2) is 0 Å². The predicted molar refractivity (Wildman–Crippen MR) is 91.6 cm³/mol. The molecule has 1 amide bonds. The Labute approximate surface area is 137 Å². The van der Waals surface area contributed by atoms with Gasteiger partial charge in [0.25, 0.3) is 5.91 Å². The van der Waals surface area contributed by atoms with Crippen molar-refractivity contribution in [1.29, 1.82) is 0 Å². The lowest BCUT2D eigenvalue weighted by Crippen LogP contribution is -2.44. The molecule has 0 fully saturated rings. The molecule has 1 aromatic heterocycles. The number of carbonyl (C=O) groups excluding carboxylic acids is 1. The smallest absolute Gasteiger partial charge is 0.293 e. The number of aromatic nitrogens is 1.